The van der Waals surface area contributed by atoms with Crippen molar-refractivity contribution in [3.8, 4) is 23.0 Å². The van der Waals surface area contributed by atoms with Gasteiger partial charge >= 0.3 is 0 Å². The minimum Gasteiger partial charge on any atom is -0.457 e. The third kappa shape index (κ3) is 4.12. The lowest BCUT2D eigenvalue weighted by Crippen LogP contribution is -1.90. The van der Waals surface area contributed by atoms with Crippen LogP contribution in [0, 0.1) is 20.2 Å². The van der Waals surface area contributed by atoms with E-state index < -0.39 is 9.85 Å². The summed E-state index contributed by atoms with van der Waals surface area (Å²) in [5.74, 6) is 1.62. The molecular formula is C18H12N2O6. The molecular weight excluding hydrogens is 340 g/mol. The molecule has 3 aromatic carbocycles. The number of benzene rings is 3. The molecule has 0 saturated heterocycles. The van der Waals surface area contributed by atoms with Crippen molar-refractivity contribution in [2.45, 2.75) is 0 Å². The molecule has 0 atom stereocenters. The van der Waals surface area contributed by atoms with Crippen molar-refractivity contribution in [1.82, 2.24) is 0 Å². The van der Waals surface area contributed by atoms with E-state index in [0.29, 0.717) is 23.0 Å². The summed E-state index contributed by atoms with van der Waals surface area (Å²) in [4.78, 5) is 20.6. The number of hydrogen-bond donors (Lipinski definition) is 0. The molecule has 26 heavy (non-hydrogen) atoms. The number of nitro benzene ring substituents is 2. The first-order valence-electron chi connectivity index (χ1n) is 7.46. The Morgan fingerprint density at radius 3 is 1.31 bits per heavy atom. The minimum atomic E-state index is -0.497. The molecule has 0 saturated carbocycles. The van der Waals surface area contributed by atoms with Crippen LogP contribution in [0.1, 0.15) is 0 Å². The van der Waals surface area contributed by atoms with E-state index in [1.54, 1.807) is 36.4 Å². The number of non-ortho nitro benzene ring substituents is 2. The minimum absolute atomic E-state index is 0.0619. The molecule has 0 radical (unpaired) electrons. The first-order valence-corrected chi connectivity index (χ1v) is 7.46. The lowest BCUT2D eigenvalue weighted by Gasteiger charge is -2.08. The van der Waals surface area contributed by atoms with Gasteiger partial charge in [-0.3, -0.25) is 20.2 Å². The lowest BCUT2D eigenvalue weighted by atomic mass is 10.3. The van der Waals surface area contributed by atoms with Gasteiger partial charge in [0.1, 0.15) is 23.0 Å². The van der Waals surface area contributed by atoms with Gasteiger partial charge in [-0.05, 0) is 36.4 Å². The normalized spacial score (nSPS) is 10.2. The van der Waals surface area contributed by atoms with E-state index in [0.717, 1.165) is 0 Å². The van der Waals surface area contributed by atoms with Crippen LogP contribution in [-0.2, 0) is 0 Å². The van der Waals surface area contributed by atoms with Crippen molar-refractivity contribution in [3.05, 3.63) is 93.0 Å². The van der Waals surface area contributed by atoms with Gasteiger partial charge in [-0.1, -0.05) is 12.1 Å². The van der Waals surface area contributed by atoms with Crippen LogP contribution in [0.25, 0.3) is 0 Å². The largest absolute Gasteiger partial charge is 0.457 e. The summed E-state index contributed by atoms with van der Waals surface area (Å²) in [6.45, 7) is 0. The predicted molar refractivity (Wildman–Crippen MR) is 92.8 cm³/mol. The number of nitrogens with zero attached hydrogens (tertiary/aromatic N) is 2. The number of rotatable bonds is 6. The first kappa shape index (κ1) is 16.9. The highest BCUT2D eigenvalue weighted by atomic mass is 16.6. The Bertz CT molecular complexity index is 877. The molecule has 0 N–H and O–H groups in total. The van der Waals surface area contributed by atoms with Crippen molar-refractivity contribution >= 4 is 11.4 Å². The molecule has 0 bridgehead atoms. The highest BCUT2D eigenvalue weighted by Crippen LogP contribution is 2.29. The summed E-state index contributed by atoms with van der Waals surface area (Å²) in [5, 5.41) is 21.6. The summed E-state index contributed by atoms with van der Waals surface area (Å²) >= 11 is 0. The summed E-state index contributed by atoms with van der Waals surface area (Å²) in [5.41, 5.74) is -0.124. The molecule has 3 rings (SSSR count). The van der Waals surface area contributed by atoms with Crippen LogP contribution in [0.15, 0.2) is 72.8 Å². The Morgan fingerprint density at radius 1 is 0.577 bits per heavy atom. The lowest BCUT2D eigenvalue weighted by molar-refractivity contribution is -0.385. The van der Waals surface area contributed by atoms with E-state index in [9.17, 15) is 20.2 Å². The molecule has 0 unspecified atom stereocenters. The second-order valence-corrected chi connectivity index (χ2v) is 5.18. The molecule has 0 heterocycles. The first-order chi connectivity index (χ1) is 12.5. The fourth-order valence-corrected chi connectivity index (χ4v) is 2.17. The zero-order valence-electron chi connectivity index (χ0n) is 13.3. The van der Waals surface area contributed by atoms with Gasteiger partial charge in [0.15, 0.2) is 0 Å². The second kappa shape index (κ2) is 7.31. The van der Waals surface area contributed by atoms with E-state index in [2.05, 4.69) is 0 Å². The third-order valence-electron chi connectivity index (χ3n) is 3.35. The molecule has 8 heteroatoms. The maximum Gasteiger partial charge on any atom is 0.273 e. The Labute approximate surface area is 147 Å². The zero-order valence-corrected chi connectivity index (χ0v) is 13.3. The Morgan fingerprint density at radius 2 is 0.962 bits per heavy atom. The van der Waals surface area contributed by atoms with Gasteiger partial charge < -0.3 is 9.47 Å². The maximum atomic E-state index is 10.8. The van der Waals surface area contributed by atoms with Crippen molar-refractivity contribution in [3.63, 3.8) is 0 Å². The average molecular weight is 352 g/mol. The van der Waals surface area contributed by atoms with Gasteiger partial charge in [0.25, 0.3) is 11.4 Å². The molecule has 0 fully saturated rings. The standard InChI is InChI=1S/C18H12N2O6/c21-19(22)13-3-1-5-17(11-13)25-15-7-9-16(10-8-15)26-18-6-2-4-14(12-18)20(23)24/h1-12H. The molecule has 3 aromatic rings. The summed E-state index contributed by atoms with van der Waals surface area (Å²) in [6.07, 6.45) is 0. The van der Waals surface area contributed by atoms with Crippen molar-refractivity contribution < 1.29 is 19.3 Å². The maximum absolute atomic E-state index is 10.8. The molecule has 130 valence electrons. The van der Waals surface area contributed by atoms with E-state index in [-0.39, 0.29) is 11.4 Å². The molecule has 0 aromatic heterocycles. The average Bonchev–Trinajstić information content (AvgIpc) is 2.64. The molecule has 0 aliphatic carbocycles. The molecule has 0 spiro atoms. The quantitative estimate of drug-likeness (QED) is 0.452. The highest BCUT2D eigenvalue weighted by Gasteiger charge is 2.09. The topological polar surface area (TPSA) is 105 Å². The van der Waals surface area contributed by atoms with Gasteiger partial charge in [-0.15, -0.1) is 0 Å². The van der Waals surface area contributed by atoms with Crippen LogP contribution in [0.5, 0.6) is 23.0 Å². The Hall–Kier alpha value is -3.94. The van der Waals surface area contributed by atoms with Crippen LogP contribution >= 0.6 is 0 Å². The summed E-state index contributed by atoms with van der Waals surface area (Å²) in [6, 6.07) is 18.2. The van der Waals surface area contributed by atoms with Crippen molar-refractivity contribution in [2.75, 3.05) is 0 Å². The van der Waals surface area contributed by atoms with E-state index in [1.807, 2.05) is 0 Å². The summed E-state index contributed by atoms with van der Waals surface area (Å²) < 4.78 is 11.2. The number of nitro groups is 2. The molecule has 0 aliphatic rings. The Balaban J connectivity index is 1.71. The Kier molecular flexibility index (Phi) is 4.75. The van der Waals surface area contributed by atoms with E-state index in [4.69, 9.17) is 9.47 Å². The molecule has 0 aliphatic heterocycles. The van der Waals surface area contributed by atoms with Crippen LogP contribution in [0.4, 0.5) is 11.4 Å². The van der Waals surface area contributed by atoms with Gasteiger partial charge in [-0.2, -0.15) is 0 Å². The number of ether oxygens (including phenoxy) is 2. The van der Waals surface area contributed by atoms with Crippen molar-refractivity contribution in [1.29, 1.82) is 0 Å². The fourth-order valence-electron chi connectivity index (χ4n) is 2.17. The van der Waals surface area contributed by atoms with Crippen LogP contribution in [-0.4, -0.2) is 9.85 Å². The van der Waals surface area contributed by atoms with E-state index in [1.165, 1.54) is 36.4 Å². The zero-order chi connectivity index (χ0) is 18.5. The van der Waals surface area contributed by atoms with Crippen LogP contribution < -0.4 is 9.47 Å². The van der Waals surface area contributed by atoms with Crippen molar-refractivity contribution in [2.24, 2.45) is 0 Å². The molecule has 8 nitrogen and oxygen atoms in total. The highest BCUT2D eigenvalue weighted by molar-refractivity contribution is 5.43. The van der Waals surface area contributed by atoms with Crippen LogP contribution in [0.2, 0.25) is 0 Å². The van der Waals surface area contributed by atoms with Gasteiger partial charge in [0, 0.05) is 12.1 Å². The smallest absolute Gasteiger partial charge is 0.273 e. The van der Waals surface area contributed by atoms with Gasteiger partial charge in [-0.25, -0.2) is 0 Å². The monoisotopic (exact) mass is 352 g/mol. The van der Waals surface area contributed by atoms with Gasteiger partial charge in [0.2, 0.25) is 0 Å². The fraction of sp³-hybridized carbons (Fsp3) is 0. The van der Waals surface area contributed by atoms with Gasteiger partial charge in [0.05, 0.1) is 22.0 Å². The van der Waals surface area contributed by atoms with Crippen LogP contribution in [0.3, 0.4) is 0 Å². The van der Waals surface area contributed by atoms with E-state index >= 15 is 0 Å². The molecule has 0 amide bonds. The predicted octanol–water partition coefficient (Wildman–Crippen LogP) is 5.09. The second-order valence-electron chi connectivity index (χ2n) is 5.18. The third-order valence-corrected chi connectivity index (χ3v) is 3.35. The summed E-state index contributed by atoms with van der Waals surface area (Å²) in [7, 11) is 0. The number of hydrogen-bond acceptors (Lipinski definition) is 6. The SMILES string of the molecule is O=[N+]([O-])c1cccc(Oc2ccc(Oc3cccc([N+](=O)[O-])c3)cc2)c1.